The fraction of sp³-hybridized carbons (Fsp3) is 0.389. The summed E-state index contributed by atoms with van der Waals surface area (Å²) >= 11 is 5.26. The quantitative estimate of drug-likeness (QED) is 0.442. The summed E-state index contributed by atoms with van der Waals surface area (Å²) in [5.41, 5.74) is -0.739. The molecule has 14 heteroatoms. The Labute approximate surface area is 196 Å². The topological polar surface area (TPSA) is 114 Å². The number of aromatic nitrogens is 4. The predicted octanol–water partition coefficient (Wildman–Crippen LogP) is 2.96. The van der Waals surface area contributed by atoms with Crippen molar-refractivity contribution >= 4 is 39.0 Å². The van der Waals surface area contributed by atoms with Gasteiger partial charge in [-0.2, -0.15) is 24.5 Å². The molecular weight excluding hydrogens is 537 g/mol. The minimum absolute atomic E-state index is 0.257. The first-order chi connectivity index (χ1) is 15.2. The number of rotatable bonds is 5. The predicted molar refractivity (Wildman–Crippen MR) is 113 cm³/mol. The third kappa shape index (κ3) is 4.71. The summed E-state index contributed by atoms with van der Waals surface area (Å²) in [4.78, 5) is 3.74. The van der Waals surface area contributed by atoms with E-state index in [1.165, 1.54) is 22.1 Å². The molecular formula is C18H16BrF3N4O4S2. The number of aliphatic hydroxyl groups is 3. The van der Waals surface area contributed by atoms with Crippen LogP contribution in [0.5, 0.6) is 0 Å². The Morgan fingerprint density at radius 3 is 2.69 bits per heavy atom. The van der Waals surface area contributed by atoms with Gasteiger partial charge in [0.2, 0.25) is 0 Å². The van der Waals surface area contributed by atoms with Crippen LogP contribution in [0.2, 0.25) is 0 Å². The smallest absolute Gasteiger partial charge is 0.394 e. The number of alkyl halides is 3. The van der Waals surface area contributed by atoms with Gasteiger partial charge in [-0.3, -0.25) is 0 Å². The van der Waals surface area contributed by atoms with Gasteiger partial charge in [0.05, 0.1) is 12.8 Å². The van der Waals surface area contributed by atoms with Crippen molar-refractivity contribution < 1.29 is 33.2 Å². The lowest BCUT2D eigenvalue weighted by Gasteiger charge is -2.41. The summed E-state index contributed by atoms with van der Waals surface area (Å²) in [6, 6.07) is 2.05. The molecule has 0 saturated carbocycles. The fourth-order valence-electron chi connectivity index (χ4n) is 3.27. The number of pyridine rings is 1. The van der Waals surface area contributed by atoms with Crippen LogP contribution in [0.15, 0.2) is 44.7 Å². The van der Waals surface area contributed by atoms with Gasteiger partial charge in [0.25, 0.3) is 0 Å². The number of halogens is 4. The molecule has 8 nitrogen and oxygen atoms in total. The first kappa shape index (κ1) is 23.6. The van der Waals surface area contributed by atoms with Crippen molar-refractivity contribution in [2.24, 2.45) is 0 Å². The van der Waals surface area contributed by atoms with E-state index in [-0.39, 0.29) is 4.47 Å². The maximum Gasteiger partial charge on any atom is 0.434 e. The number of ether oxygens (including phenoxy) is 1. The summed E-state index contributed by atoms with van der Waals surface area (Å²) in [5.74, 6) is 0. The molecule has 4 heterocycles. The number of hydrogen-bond acceptors (Lipinski definition) is 9. The Morgan fingerprint density at radius 1 is 1.28 bits per heavy atom. The van der Waals surface area contributed by atoms with E-state index < -0.39 is 48.3 Å². The van der Waals surface area contributed by atoms with Crippen molar-refractivity contribution in [1.29, 1.82) is 0 Å². The van der Waals surface area contributed by atoms with Crippen molar-refractivity contribution in [3.05, 3.63) is 45.5 Å². The molecule has 1 saturated heterocycles. The Kier molecular flexibility index (Phi) is 6.91. The third-order valence-corrected chi connectivity index (χ3v) is 7.22. The minimum atomic E-state index is -4.62. The molecule has 5 atom stereocenters. The van der Waals surface area contributed by atoms with Gasteiger partial charge in [-0.25, -0.2) is 9.67 Å². The molecule has 0 aliphatic carbocycles. The van der Waals surface area contributed by atoms with Crippen LogP contribution in [0.1, 0.15) is 11.7 Å². The highest BCUT2D eigenvalue weighted by atomic mass is 79.9. The van der Waals surface area contributed by atoms with Crippen molar-refractivity contribution in [2.45, 2.75) is 40.9 Å². The van der Waals surface area contributed by atoms with E-state index in [9.17, 15) is 28.5 Å². The van der Waals surface area contributed by atoms with Gasteiger partial charge in [-0.15, -0.1) is 5.10 Å². The average Bonchev–Trinajstić information content (AvgIpc) is 3.41. The number of thioether (sulfide) groups is 1. The van der Waals surface area contributed by atoms with E-state index >= 15 is 0 Å². The molecule has 3 N–H and O–H groups in total. The largest absolute Gasteiger partial charge is 0.434 e. The molecule has 1 aliphatic heterocycles. The first-order valence-corrected chi connectivity index (χ1v) is 11.8. The van der Waals surface area contributed by atoms with E-state index in [0.29, 0.717) is 10.6 Å². The normalized spacial score (nSPS) is 26.4. The fourth-order valence-corrected chi connectivity index (χ4v) is 5.71. The molecule has 0 bridgehead atoms. The van der Waals surface area contributed by atoms with E-state index in [1.54, 1.807) is 6.20 Å². The van der Waals surface area contributed by atoms with Crippen LogP contribution in [-0.2, 0) is 10.9 Å². The molecule has 0 aromatic carbocycles. The standard InChI is InChI=1S/C18H16BrF3N4O4S2/c19-10-3-9(4-23-16(10)18(20,21)22)32-17-15(29)13(14(28)12(6-27)30-17)26-5-11(24-25-26)8-1-2-31-7-8/h1-5,7,12-15,17,27-29H,6H2. The second-order valence-corrected chi connectivity index (χ2v) is 9.72. The lowest BCUT2D eigenvalue weighted by Crippen LogP contribution is -2.55. The van der Waals surface area contributed by atoms with Gasteiger partial charge in [0, 0.05) is 26.5 Å². The Hall–Kier alpha value is -1.55. The number of nitrogens with zero attached hydrogens (tertiary/aromatic N) is 4. The van der Waals surface area contributed by atoms with Crippen LogP contribution in [0.3, 0.4) is 0 Å². The maximum atomic E-state index is 12.9. The monoisotopic (exact) mass is 552 g/mol. The second kappa shape index (κ2) is 9.37. The van der Waals surface area contributed by atoms with Crippen molar-refractivity contribution in [2.75, 3.05) is 6.61 Å². The van der Waals surface area contributed by atoms with Crippen LogP contribution in [0.25, 0.3) is 11.3 Å². The maximum absolute atomic E-state index is 12.9. The molecule has 3 aromatic rings. The van der Waals surface area contributed by atoms with Crippen molar-refractivity contribution in [1.82, 2.24) is 20.0 Å². The molecule has 172 valence electrons. The highest BCUT2D eigenvalue weighted by Crippen LogP contribution is 2.40. The van der Waals surface area contributed by atoms with Crippen LogP contribution in [0.4, 0.5) is 13.2 Å². The first-order valence-electron chi connectivity index (χ1n) is 9.15. The van der Waals surface area contributed by atoms with E-state index in [1.807, 2.05) is 16.8 Å². The summed E-state index contributed by atoms with van der Waals surface area (Å²) in [5, 5.41) is 43.1. The van der Waals surface area contributed by atoms with Gasteiger partial charge in [0.1, 0.15) is 35.5 Å². The summed E-state index contributed by atoms with van der Waals surface area (Å²) in [7, 11) is 0. The van der Waals surface area contributed by atoms with Gasteiger partial charge < -0.3 is 20.1 Å². The van der Waals surface area contributed by atoms with Crippen molar-refractivity contribution in [3.63, 3.8) is 0 Å². The zero-order valence-electron chi connectivity index (χ0n) is 15.9. The van der Waals surface area contributed by atoms with E-state index in [0.717, 1.165) is 23.5 Å². The molecule has 0 spiro atoms. The summed E-state index contributed by atoms with van der Waals surface area (Å²) in [6.45, 7) is -0.539. The van der Waals surface area contributed by atoms with Crippen LogP contribution < -0.4 is 0 Å². The van der Waals surface area contributed by atoms with Crippen LogP contribution in [-0.4, -0.2) is 65.7 Å². The van der Waals surface area contributed by atoms with Gasteiger partial charge >= 0.3 is 6.18 Å². The van der Waals surface area contributed by atoms with E-state index in [4.69, 9.17) is 4.74 Å². The second-order valence-electron chi connectivity index (χ2n) is 6.91. The molecule has 3 aromatic heterocycles. The highest BCUT2D eigenvalue weighted by Gasteiger charge is 2.46. The molecule has 5 unspecified atom stereocenters. The lowest BCUT2D eigenvalue weighted by atomic mass is 9.97. The Balaban J connectivity index is 1.59. The lowest BCUT2D eigenvalue weighted by molar-refractivity contribution is -0.178. The van der Waals surface area contributed by atoms with Crippen LogP contribution >= 0.6 is 39.0 Å². The number of aliphatic hydroxyl groups excluding tert-OH is 3. The van der Waals surface area contributed by atoms with Crippen molar-refractivity contribution in [3.8, 4) is 11.3 Å². The number of thiophene rings is 1. The molecule has 1 fully saturated rings. The SMILES string of the molecule is OCC1OC(Sc2cnc(C(F)(F)F)c(Br)c2)C(O)C(n2cc(-c3ccsc3)nn2)C1O. The minimum Gasteiger partial charge on any atom is -0.394 e. The summed E-state index contributed by atoms with van der Waals surface area (Å²) < 4.78 is 45.5. The number of hydrogen-bond donors (Lipinski definition) is 3. The molecule has 32 heavy (non-hydrogen) atoms. The Bertz CT molecular complexity index is 1070. The van der Waals surface area contributed by atoms with Gasteiger partial charge in [-0.1, -0.05) is 17.0 Å². The van der Waals surface area contributed by atoms with E-state index in [2.05, 4.69) is 31.2 Å². The zero-order valence-corrected chi connectivity index (χ0v) is 19.1. The molecule has 4 rings (SSSR count). The Morgan fingerprint density at radius 2 is 2.06 bits per heavy atom. The van der Waals surface area contributed by atoms with Crippen LogP contribution in [0, 0.1) is 0 Å². The van der Waals surface area contributed by atoms with Gasteiger partial charge in [0.15, 0.2) is 5.69 Å². The molecule has 1 aliphatic rings. The highest BCUT2D eigenvalue weighted by molar-refractivity contribution is 9.10. The molecule has 0 radical (unpaired) electrons. The summed E-state index contributed by atoms with van der Waals surface area (Å²) in [6.07, 6.45) is -5.71. The zero-order chi connectivity index (χ0) is 23.0. The third-order valence-electron chi connectivity index (χ3n) is 4.82. The average molecular weight is 553 g/mol. The molecule has 0 amide bonds. The van der Waals surface area contributed by atoms with Gasteiger partial charge in [-0.05, 0) is 33.4 Å².